The van der Waals surface area contributed by atoms with Crippen LogP contribution in [-0.4, -0.2) is 37.3 Å². The number of fused-ring (bicyclic) bond motifs is 1. The normalized spacial score (nSPS) is 12.0. The summed E-state index contributed by atoms with van der Waals surface area (Å²) in [6, 6.07) is 5.63. The minimum atomic E-state index is -0.353. The minimum Gasteiger partial charge on any atom is -0.469 e. The maximum Gasteiger partial charge on any atom is 0.307 e. The van der Waals surface area contributed by atoms with E-state index in [1.54, 1.807) is 0 Å². The zero-order chi connectivity index (χ0) is 16.9. The minimum absolute atomic E-state index is 0.155. The number of benzene rings is 1. The highest BCUT2D eigenvalue weighted by atomic mass is 32.1. The van der Waals surface area contributed by atoms with E-state index in [2.05, 4.69) is 15.0 Å². The van der Waals surface area contributed by atoms with E-state index >= 15 is 0 Å². The third-order valence-corrected chi connectivity index (χ3v) is 4.33. The molecule has 1 aliphatic rings. The third-order valence-electron chi connectivity index (χ3n) is 3.39. The van der Waals surface area contributed by atoms with Crippen molar-refractivity contribution in [2.24, 2.45) is 0 Å². The summed E-state index contributed by atoms with van der Waals surface area (Å²) in [6.07, 6.45) is 0.323. The number of amides is 1. The molecule has 0 saturated heterocycles. The lowest BCUT2D eigenvalue weighted by molar-refractivity contribution is -0.140. The quantitative estimate of drug-likeness (QED) is 0.801. The van der Waals surface area contributed by atoms with Crippen molar-refractivity contribution >= 4 is 23.2 Å². The molecular formula is C16H16N2O5S. The smallest absolute Gasteiger partial charge is 0.307 e. The van der Waals surface area contributed by atoms with Crippen LogP contribution in [0.4, 0.5) is 0 Å². The second-order valence-electron chi connectivity index (χ2n) is 5.06. The van der Waals surface area contributed by atoms with Crippen molar-refractivity contribution < 1.29 is 23.8 Å². The van der Waals surface area contributed by atoms with Crippen molar-refractivity contribution in [1.29, 1.82) is 0 Å². The molecule has 0 fully saturated rings. The lowest BCUT2D eigenvalue weighted by Crippen LogP contribution is -2.27. The van der Waals surface area contributed by atoms with Crippen LogP contribution in [-0.2, 0) is 20.7 Å². The first-order chi connectivity index (χ1) is 11.7. The van der Waals surface area contributed by atoms with Gasteiger partial charge in [0.1, 0.15) is 5.01 Å². The van der Waals surface area contributed by atoms with E-state index in [9.17, 15) is 9.59 Å². The van der Waals surface area contributed by atoms with Gasteiger partial charge in [0.05, 0.1) is 25.6 Å². The van der Waals surface area contributed by atoms with Gasteiger partial charge in [-0.15, -0.1) is 11.3 Å². The van der Waals surface area contributed by atoms with Crippen LogP contribution < -0.4 is 14.8 Å². The standard InChI is InChI=1S/C16H16N2O5S/c1-21-15(20)4-5-17-14(19)7-11-8-24-16(18-11)10-2-3-12-13(6-10)23-9-22-12/h2-3,6,8H,4-5,7,9H2,1H3,(H,17,19). The Morgan fingerprint density at radius 1 is 1.33 bits per heavy atom. The van der Waals surface area contributed by atoms with E-state index < -0.39 is 0 Å². The van der Waals surface area contributed by atoms with Gasteiger partial charge in [0.25, 0.3) is 0 Å². The SMILES string of the molecule is COC(=O)CCNC(=O)Cc1csc(-c2ccc3c(c2)OCO3)n1. The van der Waals surface area contributed by atoms with Gasteiger partial charge in [-0.2, -0.15) is 0 Å². The second-order valence-corrected chi connectivity index (χ2v) is 5.92. The highest BCUT2D eigenvalue weighted by Gasteiger charge is 2.16. The van der Waals surface area contributed by atoms with Gasteiger partial charge >= 0.3 is 5.97 Å². The zero-order valence-electron chi connectivity index (χ0n) is 13.0. The van der Waals surface area contributed by atoms with Gasteiger partial charge in [-0.25, -0.2) is 4.98 Å². The molecule has 1 aromatic heterocycles. The summed E-state index contributed by atoms with van der Waals surface area (Å²) in [6.45, 7) is 0.484. The van der Waals surface area contributed by atoms with Crippen LogP contribution in [0.15, 0.2) is 23.6 Å². The van der Waals surface area contributed by atoms with Crippen molar-refractivity contribution in [2.45, 2.75) is 12.8 Å². The Bertz CT molecular complexity index is 759. The van der Waals surface area contributed by atoms with Crippen LogP contribution in [0.1, 0.15) is 12.1 Å². The number of ether oxygens (including phenoxy) is 3. The lowest BCUT2D eigenvalue weighted by atomic mass is 10.2. The summed E-state index contributed by atoms with van der Waals surface area (Å²) in [5.74, 6) is 0.890. The van der Waals surface area contributed by atoms with Gasteiger partial charge in [-0.1, -0.05) is 0 Å². The molecule has 0 spiro atoms. The van der Waals surface area contributed by atoms with Crippen LogP contribution in [0.5, 0.6) is 11.5 Å². The Balaban J connectivity index is 1.57. The fraction of sp³-hybridized carbons (Fsp3) is 0.312. The monoisotopic (exact) mass is 348 g/mol. The Hall–Kier alpha value is -2.61. The number of thiazole rings is 1. The molecule has 3 rings (SSSR count). The second kappa shape index (κ2) is 7.31. The first-order valence-corrected chi connectivity index (χ1v) is 8.21. The van der Waals surface area contributed by atoms with Gasteiger partial charge in [0.2, 0.25) is 12.7 Å². The molecular weight excluding hydrogens is 332 g/mol. The van der Waals surface area contributed by atoms with Crippen LogP contribution in [0.25, 0.3) is 10.6 Å². The van der Waals surface area contributed by atoms with Gasteiger partial charge in [0.15, 0.2) is 11.5 Å². The van der Waals surface area contributed by atoms with E-state index in [4.69, 9.17) is 9.47 Å². The topological polar surface area (TPSA) is 86.8 Å². The van der Waals surface area contributed by atoms with E-state index in [0.29, 0.717) is 11.4 Å². The number of carbonyl (C=O) groups excluding carboxylic acids is 2. The molecule has 0 aliphatic carbocycles. The Kier molecular flexibility index (Phi) is 4.95. The van der Waals surface area contributed by atoms with Crippen molar-refractivity contribution in [3.05, 3.63) is 29.3 Å². The molecule has 126 valence electrons. The highest BCUT2D eigenvalue weighted by molar-refractivity contribution is 7.13. The molecule has 2 heterocycles. The summed E-state index contributed by atoms with van der Waals surface area (Å²) < 4.78 is 15.2. The predicted octanol–water partition coefficient (Wildman–Crippen LogP) is 1.76. The maximum atomic E-state index is 11.8. The third kappa shape index (κ3) is 3.83. The first kappa shape index (κ1) is 16.3. The number of nitrogens with zero attached hydrogens (tertiary/aromatic N) is 1. The van der Waals surface area contributed by atoms with Crippen LogP contribution in [0.2, 0.25) is 0 Å². The molecule has 0 atom stereocenters. The van der Waals surface area contributed by atoms with Crippen LogP contribution in [0.3, 0.4) is 0 Å². The molecule has 2 aromatic rings. The van der Waals surface area contributed by atoms with Crippen molar-refractivity contribution in [3.8, 4) is 22.1 Å². The Morgan fingerprint density at radius 3 is 3.00 bits per heavy atom. The summed E-state index contributed by atoms with van der Waals surface area (Å²) in [5, 5.41) is 5.33. The van der Waals surface area contributed by atoms with Gasteiger partial charge in [0, 0.05) is 17.5 Å². The van der Waals surface area contributed by atoms with Gasteiger partial charge in [-0.05, 0) is 18.2 Å². The fourth-order valence-electron chi connectivity index (χ4n) is 2.18. The number of nitrogens with one attached hydrogen (secondary N) is 1. The van der Waals surface area contributed by atoms with Crippen molar-refractivity contribution in [2.75, 3.05) is 20.4 Å². The average molecular weight is 348 g/mol. The first-order valence-electron chi connectivity index (χ1n) is 7.33. The molecule has 1 aromatic carbocycles. The summed E-state index contributed by atoms with van der Waals surface area (Å²) >= 11 is 1.46. The van der Waals surface area contributed by atoms with Gasteiger partial charge in [-0.3, -0.25) is 9.59 Å². The molecule has 8 heteroatoms. The Morgan fingerprint density at radius 2 is 2.17 bits per heavy atom. The molecule has 1 aliphatic heterocycles. The van der Waals surface area contributed by atoms with Crippen LogP contribution >= 0.6 is 11.3 Å². The maximum absolute atomic E-state index is 11.8. The van der Waals surface area contributed by atoms with Crippen molar-refractivity contribution in [1.82, 2.24) is 10.3 Å². The zero-order valence-corrected chi connectivity index (χ0v) is 13.9. The van der Waals surface area contributed by atoms with E-state index in [1.165, 1.54) is 18.4 Å². The number of rotatable bonds is 6. The summed E-state index contributed by atoms with van der Waals surface area (Å²) in [5.41, 5.74) is 1.60. The summed E-state index contributed by atoms with van der Waals surface area (Å²) in [7, 11) is 1.32. The van der Waals surface area contributed by atoms with E-state index in [1.807, 2.05) is 23.6 Å². The van der Waals surface area contributed by atoms with E-state index in [-0.39, 0.29) is 38.1 Å². The van der Waals surface area contributed by atoms with Gasteiger partial charge < -0.3 is 19.5 Å². The fourth-order valence-corrected chi connectivity index (χ4v) is 3.00. The number of hydrogen-bond donors (Lipinski definition) is 1. The molecule has 0 saturated carbocycles. The van der Waals surface area contributed by atoms with Crippen molar-refractivity contribution in [3.63, 3.8) is 0 Å². The number of carbonyl (C=O) groups is 2. The molecule has 0 radical (unpaired) electrons. The molecule has 1 N–H and O–H groups in total. The number of hydrogen-bond acceptors (Lipinski definition) is 7. The number of methoxy groups -OCH3 is 1. The molecule has 24 heavy (non-hydrogen) atoms. The molecule has 1 amide bonds. The lowest BCUT2D eigenvalue weighted by Gasteiger charge is -2.03. The highest BCUT2D eigenvalue weighted by Crippen LogP contribution is 2.36. The molecule has 7 nitrogen and oxygen atoms in total. The predicted molar refractivity (Wildman–Crippen MR) is 87.0 cm³/mol. The number of aromatic nitrogens is 1. The molecule has 0 bridgehead atoms. The van der Waals surface area contributed by atoms with E-state index in [0.717, 1.165) is 16.3 Å². The number of esters is 1. The Labute approximate surface area is 142 Å². The largest absolute Gasteiger partial charge is 0.469 e. The molecule has 0 unspecified atom stereocenters. The van der Waals surface area contributed by atoms with Crippen LogP contribution in [0, 0.1) is 0 Å². The summed E-state index contributed by atoms with van der Waals surface area (Å²) in [4.78, 5) is 27.3. The average Bonchev–Trinajstić information content (AvgIpc) is 3.22.